The number of ether oxygens (including phenoxy) is 3. The molecule has 32 heavy (non-hydrogen) atoms. The van der Waals surface area contributed by atoms with E-state index in [1.54, 1.807) is 24.3 Å². The summed E-state index contributed by atoms with van der Waals surface area (Å²) in [6.07, 6.45) is -0.644. The molecular formula is C21H23ClN2O8. The minimum absolute atomic E-state index is 0.0222. The van der Waals surface area contributed by atoms with E-state index in [4.69, 9.17) is 16.3 Å². The number of benzene rings is 2. The molecule has 0 aliphatic rings. The molecule has 2 N–H and O–H groups in total. The predicted octanol–water partition coefficient (Wildman–Crippen LogP) is 2.79. The van der Waals surface area contributed by atoms with Crippen LogP contribution in [-0.4, -0.2) is 47.8 Å². The van der Waals surface area contributed by atoms with Crippen LogP contribution in [0.25, 0.3) is 0 Å². The number of nitro groups is 1. The number of aliphatic hydroxyl groups is 1. The van der Waals surface area contributed by atoms with E-state index in [0.29, 0.717) is 0 Å². The third kappa shape index (κ3) is 6.32. The zero-order valence-corrected chi connectivity index (χ0v) is 18.3. The fourth-order valence-corrected chi connectivity index (χ4v) is 3.08. The maximum Gasteiger partial charge on any atom is 0.359 e. The monoisotopic (exact) mass is 466 g/mol. The van der Waals surface area contributed by atoms with Crippen molar-refractivity contribution < 1.29 is 33.8 Å². The van der Waals surface area contributed by atoms with Crippen LogP contribution in [0.2, 0.25) is 0 Å². The summed E-state index contributed by atoms with van der Waals surface area (Å²) in [6.45, 7) is 0.0508. The number of carbonyl (C=O) groups excluding carboxylic acids is 2. The molecule has 172 valence electrons. The molecule has 0 radical (unpaired) electrons. The number of rotatable bonds is 11. The molecule has 0 amide bonds. The van der Waals surface area contributed by atoms with Gasteiger partial charge in [0.1, 0.15) is 18.8 Å². The van der Waals surface area contributed by atoms with Crippen molar-refractivity contribution in [3.05, 3.63) is 63.7 Å². The van der Waals surface area contributed by atoms with Crippen molar-refractivity contribution in [3.8, 4) is 5.75 Å². The highest BCUT2D eigenvalue weighted by atomic mass is 35.5. The largest absolute Gasteiger partial charge is 0.486 e. The molecule has 0 heterocycles. The number of hydrogen-bond acceptors (Lipinski definition) is 9. The van der Waals surface area contributed by atoms with Crippen LogP contribution in [0.4, 0.5) is 11.4 Å². The molecule has 0 bridgehead atoms. The number of hydrogen-bond donors (Lipinski definition) is 2. The summed E-state index contributed by atoms with van der Waals surface area (Å²) in [6, 6.07) is 11.5. The van der Waals surface area contributed by atoms with Crippen LogP contribution in [0, 0.1) is 10.1 Å². The number of aryl methyl sites for hydroxylation is 1. The zero-order valence-electron chi connectivity index (χ0n) is 17.5. The molecule has 10 nitrogen and oxygen atoms in total. The number of esters is 2. The molecule has 0 aliphatic heterocycles. The molecule has 0 fully saturated rings. The van der Waals surface area contributed by atoms with Gasteiger partial charge in [0.2, 0.25) is 5.72 Å². The predicted molar refractivity (Wildman–Crippen MR) is 116 cm³/mol. The van der Waals surface area contributed by atoms with Crippen LogP contribution in [0.5, 0.6) is 5.75 Å². The van der Waals surface area contributed by atoms with E-state index in [1.165, 1.54) is 12.1 Å². The second-order valence-electron chi connectivity index (χ2n) is 6.68. The van der Waals surface area contributed by atoms with E-state index in [1.807, 2.05) is 6.07 Å². The summed E-state index contributed by atoms with van der Waals surface area (Å²) >= 11 is 5.78. The van der Waals surface area contributed by atoms with Gasteiger partial charge in [0.05, 0.1) is 30.9 Å². The first-order chi connectivity index (χ1) is 15.2. The summed E-state index contributed by atoms with van der Waals surface area (Å²) in [5, 5.41) is 24.9. The van der Waals surface area contributed by atoms with Crippen molar-refractivity contribution in [2.75, 3.05) is 25.4 Å². The SMILES string of the molecule is COC(=O)CC(O)(Nc1cc(CCCl)c([N+](=O)[O-])cc1OCc1ccccc1)C(=O)OC. The van der Waals surface area contributed by atoms with Crippen molar-refractivity contribution >= 4 is 34.9 Å². The Hall–Kier alpha value is -3.37. The highest BCUT2D eigenvalue weighted by molar-refractivity contribution is 6.18. The number of alkyl halides is 1. The standard InChI is InChI=1S/C21H23ClN2O8/c1-30-19(25)12-21(27,20(26)31-2)23-16-10-15(8-9-22)17(24(28)29)11-18(16)32-13-14-6-4-3-5-7-14/h3-7,10-11,23,27H,8-9,12-13H2,1-2H3. The lowest BCUT2D eigenvalue weighted by Crippen LogP contribution is -2.49. The van der Waals surface area contributed by atoms with Gasteiger partial charge in [-0.25, -0.2) is 4.79 Å². The number of carbonyl (C=O) groups is 2. The Labute approximate surface area is 189 Å². The molecule has 0 spiro atoms. The van der Waals surface area contributed by atoms with Gasteiger partial charge in [-0.05, 0) is 18.1 Å². The van der Waals surface area contributed by atoms with Crippen molar-refractivity contribution in [2.24, 2.45) is 0 Å². The third-order valence-electron chi connectivity index (χ3n) is 4.47. The zero-order chi connectivity index (χ0) is 23.7. The third-order valence-corrected chi connectivity index (χ3v) is 4.66. The Morgan fingerprint density at radius 3 is 2.44 bits per heavy atom. The first-order valence-electron chi connectivity index (χ1n) is 9.44. The molecule has 1 atom stereocenters. The number of anilines is 1. The fourth-order valence-electron chi connectivity index (χ4n) is 2.88. The summed E-state index contributed by atoms with van der Waals surface area (Å²) in [4.78, 5) is 35.0. The second kappa shape index (κ2) is 11.3. The molecule has 11 heteroatoms. The van der Waals surface area contributed by atoms with Gasteiger partial charge >= 0.3 is 11.9 Å². The van der Waals surface area contributed by atoms with Gasteiger partial charge in [-0.1, -0.05) is 30.3 Å². The lowest BCUT2D eigenvalue weighted by molar-refractivity contribution is -0.385. The van der Waals surface area contributed by atoms with Gasteiger partial charge < -0.3 is 24.6 Å². The Morgan fingerprint density at radius 1 is 1.19 bits per heavy atom. The summed E-state index contributed by atoms with van der Waals surface area (Å²) in [7, 11) is 2.13. The minimum atomic E-state index is -2.51. The van der Waals surface area contributed by atoms with Crippen LogP contribution in [0.3, 0.4) is 0 Å². The Kier molecular flexibility index (Phi) is 8.80. The molecule has 0 aliphatic carbocycles. The maximum atomic E-state index is 12.3. The van der Waals surface area contributed by atoms with Gasteiger partial charge in [-0.15, -0.1) is 11.6 Å². The highest BCUT2D eigenvalue weighted by Crippen LogP contribution is 2.36. The van der Waals surface area contributed by atoms with E-state index in [-0.39, 0.29) is 41.6 Å². The lowest BCUT2D eigenvalue weighted by Gasteiger charge is -2.27. The van der Waals surface area contributed by atoms with E-state index in [2.05, 4.69) is 14.8 Å². The van der Waals surface area contributed by atoms with Gasteiger partial charge in [0, 0.05) is 11.4 Å². The van der Waals surface area contributed by atoms with E-state index in [9.17, 15) is 24.8 Å². The molecule has 2 aromatic carbocycles. The highest BCUT2D eigenvalue weighted by Gasteiger charge is 2.41. The molecule has 2 rings (SSSR count). The van der Waals surface area contributed by atoms with Crippen molar-refractivity contribution in [3.63, 3.8) is 0 Å². The lowest BCUT2D eigenvalue weighted by atomic mass is 10.1. The number of halogens is 1. The first-order valence-corrected chi connectivity index (χ1v) is 9.97. The average Bonchev–Trinajstić information content (AvgIpc) is 2.78. The van der Waals surface area contributed by atoms with Crippen LogP contribution < -0.4 is 10.1 Å². The number of nitrogens with one attached hydrogen (secondary N) is 1. The molecule has 1 unspecified atom stereocenters. The van der Waals surface area contributed by atoms with Crippen molar-refractivity contribution in [2.45, 2.75) is 25.2 Å². The normalized spacial score (nSPS) is 12.4. The van der Waals surface area contributed by atoms with Crippen LogP contribution in [0.15, 0.2) is 42.5 Å². The fraction of sp³-hybridized carbons (Fsp3) is 0.333. The molecule has 2 aromatic rings. The Bertz CT molecular complexity index is 970. The topological polar surface area (TPSA) is 137 Å². The van der Waals surface area contributed by atoms with Gasteiger partial charge in [0.25, 0.3) is 5.69 Å². The average molecular weight is 467 g/mol. The van der Waals surface area contributed by atoms with Crippen molar-refractivity contribution in [1.82, 2.24) is 0 Å². The van der Waals surface area contributed by atoms with Crippen LogP contribution >= 0.6 is 11.6 Å². The van der Waals surface area contributed by atoms with Gasteiger partial charge in [-0.3, -0.25) is 14.9 Å². The minimum Gasteiger partial charge on any atom is -0.486 e. The van der Waals surface area contributed by atoms with Gasteiger partial charge in [0.15, 0.2) is 0 Å². The number of nitro benzene ring substituents is 1. The summed E-state index contributed by atoms with van der Waals surface area (Å²) in [5.41, 5.74) is -1.70. The Morgan fingerprint density at radius 2 is 1.88 bits per heavy atom. The Balaban J connectivity index is 2.52. The molecule has 0 saturated heterocycles. The molecule has 0 aromatic heterocycles. The van der Waals surface area contributed by atoms with Crippen LogP contribution in [0.1, 0.15) is 17.5 Å². The quantitative estimate of drug-likeness (QED) is 0.168. The first kappa shape index (κ1) is 24.9. The van der Waals surface area contributed by atoms with E-state index in [0.717, 1.165) is 19.8 Å². The summed E-state index contributed by atoms with van der Waals surface area (Å²) in [5.74, 6) is -1.98. The number of nitrogens with zero attached hydrogens (tertiary/aromatic N) is 1. The van der Waals surface area contributed by atoms with E-state index < -0.39 is 29.0 Å². The smallest absolute Gasteiger partial charge is 0.359 e. The summed E-state index contributed by atoms with van der Waals surface area (Å²) < 4.78 is 14.9. The van der Waals surface area contributed by atoms with Crippen molar-refractivity contribution in [1.29, 1.82) is 0 Å². The van der Waals surface area contributed by atoms with Gasteiger partial charge in [-0.2, -0.15) is 0 Å². The van der Waals surface area contributed by atoms with E-state index >= 15 is 0 Å². The second-order valence-corrected chi connectivity index (χ2v) is 7.06. The molecular weight excluding hydrogens is 444 g/mol. The van der Waals surface area contributed by atoms with Crippen LogP contribution in [-0.2, 0) is 32.1 Å². The molecule has 0 saturated carbocycles. The maximum absolute atomic E-state index is 12.3. The number of methoxy groups -OCH3 is 2.